The molecule has 0 saturated heterocycles. The third kappa shape index (κ3) is 4.65. The Hall–Kier alpha value is -2.17. The van der Waals surface area contributed by atoms with Gasteiger partial charge in [-0.2, -0.15) is 0 Å². The highest BCUT2D eigenvalue weighted by molar-refractivity contribution is 6.36. The SMILES string of the molecule is COc1ccc(C=CC(=O)Nc2ccc(Cl)cc2Cl)cc1OC. The molecule has 0 aromatic heterocycles. The molecule has 6 heteroatoms. The minimum atomic E-state index is -0.302. The molecule has 1 amide bonds. The van der Waals surface area contributed by atoms with E-state index in [1.54, 1.807) is 50.6 Å². The topological polar surface area (TPSA) is 47.6 Å². The maximum Gasteiger partial charge on any atom is 0.248 e. The number of ether oxygens (including phenoxy) is 2. The summed E-state index contributed by atoms with van der Waals surface area (Å²) in [5.74, 6) is 0.918. The highest BCUT2D eigenvalue weighted by Gasteiger charge is 2.05. The van der Waals surface area contributed by atoms with E-state index >= 15 is 0 Å². The minimum Gasteiger partial charge on any atom is -0.493 e. The molecule has 0 aliphatic carbocycles. The van der Waals surface area contributed by atoms with E-state index in [4.69, 9.17) is 32.7 Å². The molecule has 23 heavy (non-hydrogen) atoms. The summed E-state index contributed by atoms with van der Waals surface area (Å²) < 4.78 is 10.4. The first kappa shape index (κ1) is 17.2. The lowest BCUT2D eigenvalue weighted by Crippen LogP contribution is -2.08. The van der Waals surface area contributed by atoms with Gasteiger partial charge in [0.1, 0.15) is 0 Å². The van der Waals surface area contributed by atoms with Crippen LogP contribution in [0.5, 0.6) is 11.5 Å². The predicted octanol–water partition coefficient (Wildman–Crippen LogP) is 4.66. The van der Waals surface area contributed by atoms with Gasteiger partial charge in [-0.25, -0.2) is 0 Å². The number of carbonyl (C=O) groups excluding carboxylic acids is 1. The summed E-state index contributed by atoms with van der Waals surface area (Å²) in [6.45, 7) is 0. The van der Waals surface area contributed by atoms with Crippen LogP contribution in [0.1, 0.15) is 5.56 Å². The summed E-state index contributed by atoms with van der Waals surface area (Å²) in [5, 5.41) is 3.57. The van der Waals surface area contributed by atoms with Crippen LogP contribution >= 0.6 is 23.2 Å². The lowest BCUT2D eigenvalue weighted by atomic mass is 10.2. The van der Waals surface area contributed by atoms with E-state index in [1.165, 1.54) is 6.08 Å². The monoisotopic (exact) mass is 351 g/mol. The first-order chi connectivity index (χ1) is 11.0. The molecule has 2 aromatic carbocycles. The molecule has 0 atom stereocenters. The molecule has 0 aliphatic rings. The Labute approximate surface area is 144 Å². The van der Waals surface area contributed by atoms with Gasteiger partial charge in [-0.15, -0.1) is 0 Å². The summed E-state index contributed by atoms with van der Waals surface area (Å²) in [4.78, 5) is 12.0. The van der Waals surface area contributed by atoms with Gasteiger partial charge in [0.15, 0.2) is 11.5 Å². The van der Waals surface area contributed by atoms with Gasteiger partial charge in [-0.3, -0.25) is 4.79 Å². The quantitative estimate of drug-likeness (QED) is 0.796. The smallest absolute Gasteiger partial charge is 0.248 e. The van der Waals surface area contributed by atoms with Crippen molar-refractivity contribution >= 4 is 40.9 Å². The lowest BCUT2D eigenvalue weighted by molar-refractivity contribution is -0.111. The summed E-state index contributed by atoms with van der Waals surface area (Å²) in [6.07, 6.45) is 3.08. The summed E-state index contributed by atoms with van der Waals surface area (Å²) in [6, 6.07) is 10.2. The highest BCUT2D eigenvalue weighted by Crippen LogP contribution is 2.28. The zero-order chi connectivity index (χ0) is 16.8. The van der Waals surface area contributed by atoms with Crippen molar-refractivity contribution in [3.05, 3.63) is 58.1 Å². The van der Waals surface area contributed by atoms with Crippen LogP contribution in [0, 0.1) is 0 Å². The number of hydrogen-bond acceptors (Lipinski definition) is 3. The first-order valence-electron chi connectivity index (χ1n) is 6.69. The van der Waals surface area contributed by atoms with Crippen LogP contribution in [0.15, 0.2) is 42.5 Å². The van der Waals surface area contributed by atoms with E-state index in [1.807, 2.05) is 6.07 Å². The normalized spacial score (nSPS) is 10.6. The zero-order valence-electron chi connectivity index (χ0n) is 12.6. The lowest BCUT2D eigenvalue weighted by Gasteiger charge is -2.08. The maximum atomic E-state index is 12.0. The molecular formula is C17H15Cl2NO3. The number of rotatable bonds is 5. The Balaban J connectivity index is 2.09. The van der Waals surface area contributed by atoms with E-state index in [2.05, 4.69) is 5.32 Å². The Morgan fingerprint density at radius 3 is 2.43 bits per heavy atom. The fourth-order valence-corrected chi connectivity index (χ4v) is 2.35. The Morgan fingerprint density at radius 1 is 1.04 bits per heavy atom. The summed E-state index contributed by atoms with van der Waals surface area (Å²) in [7, 11) is 3.12. The average molecular weight is 352 g/mol. The molecule has 0 spiro atoms. The highest BCUT2D eigenvalue weighted by atomic mass is 35.5. The van der Waals surface area contributed by atoms with Crippen molar-refractivity contribution in [2.45, 2.75) is 0 Å². The third-order valence-corrected chi connectivity index (χ3v) is 3.57. The molecule has 120 valence electrons. The van der Waals surface area contributed by atoms with Gasteiger partial charge in [0.05, 0.1) is 24.9 Å². The number of benzene rings is 2. The van der Waals surface area contributed by atoms with Gasteiger partial charge >= 0.3 is 0 Å². The molecule has 0 bridgehead atoms. The second kappa shape index (κ2) is 7.90. The average Bonchev–Trinajstić information content (AvgIpc) is 2.55. The molecule has 1 N–H and O–H groups in total. The van der Waals surface area contributed by atoms with Gasteiger partial charge in [0.2, 0.25) is 5.91 Å². The molecule has 0 heterocycles. The molecule has 2 aromatic rings. The van der Waals surface area contributed by atoms with Crippen LogP contribution in [-0.2, 0) is 4.79 Å². The Morgan fingerprint density at radius 2 is 1.78 bits per heavy atom. The molecule has 0 saturated carbocycles. The van der Waals surface area contributed by atoms with Crippen LogP contribution < -0.4 is 14.8 Å². The fraction of sp³-hybridized carbons (Fsp3) is 0.118. The molecule has 0 radical (unpaired) electrons. The van der Waals surface area contributed by atoms with E-state index in [-0.39, 0.29) is 5.91 Å². The number of nitrogens with one attached hydrogen (secondary N) is 1. The number of halogens is 2. The molecule has 0 aliphatic heterocycles. The molecule has 0 fully saturated rings. The minimum absolute atomic E-state index is 0.302. The van der Waals surface area contributed by atoms with E-state index in [9.17, 15) is 4.79 Å². The summed E-state index contributed by atoms with van der Waals surface area (Å²) in [5.41, 5.74) is 1.30. The second-order valence-electron chi connectivity index (χ2n) is 4.56. The Bertz CT molecular complexity index is 745. The van der Waals surface area contributed by atoms with Crippen molar-refractivity contribution in [3.8, 4) is 11.5 Å². The summed E-state index contributed by atoms with van der Waals surface area (Å²) >= 11 is 11.8. The van der Waals surface area contributed by atoms with Crippen LogP contribution in [0.4, 0.5) is 5.69 Å². The van der Waals surface area contributed by atoms with E-state index < -0.39 is 0 Å². The van der Waals surface area contributed by atoms with Gasteiger partial charge < -0.3 is 14.8 Å². The first-order valence-corrected chi connectivity index (χ1v) is 7.45. The van der Waals surface area contributed by atoms with Crippen LogP contribution in [0.2, 0.25) is 10.0 Å². The van der Waals surface area contributed by atoms with Crippen molar-refractivity contribution in [1.29, 1.82) is 0 Å². The van der Waals surface area contributed by atoms with Crippen molar-refractivity contribution < 1.29 is 14.3 Å². The maximum absolute atomic E-state index is 12.0. The van der Waals surface area contributed by atoms with Gasteiger partial charge in [0, 0.05) is 11.1 Å². The molecule has 0 unspecified atom stereocenters. The van der Waals surface area contributed by atoms with Crippen molar-refractivity contribution in [1.82, 2.24) is 0 Å². The Kier molecular flexibility index (Phi) is 5.90. The zero-order valence-corrected chi connectivity index (χ0v) is 14.1. The van der Waals surface area contributed by atoms with Crippen molar-refractivity contribution in [2.75, 3.05) is 19.5 Å². The van der Waals surface area contributed by atoms with Crippen LogP contribution in [0.25, 0.3) is 6.08 Å². The fourth-order valence-electron chi connectivity index (χ4n) is 1.89. The van der Waals surface area contributed by atoms with Crippen molar-refractivity contribution in [3.63, 3.8) is 0 Å². The van der Waals surface area contributed by atoms with Gasteiger partial charge in [-0.05, 0) is 42.0 Å². The number of anilines is 1. The van der Waals surface area contributed by atoms with Gasteiger partial charge in [0.25, 0.3) is 0 Å². The largest absolute Gasteiger partial charge is 0.493 e. The van der Waals surface area contributed by atoms with Crippen LogP contribution in [0.3, 0.4) is 0 Å². The number of amides is 1. The molecular weight excluding hydrogens is 337 g/mol. The van der Waals surface area contributed by atoms with Crippen LogP contribution in [-0.4, -0.2) is 20.1 Å². The molecule has 2 rings (SSSR count). The molecule has 4 nitrogen and oxygen atoms in total. The van der Waals surface area contributed by atoms with E-state index in [0.717, 1.165) is 5.56 Å². The van der Waals surface area contributed by atoms with Gasteiger partial charge in [-0.1, -0.05) is 29.3 Å². The van der Waals surface area contributed by atoms with Crippen molar-refractivity contribution in [2.24, 2.45) is 0 Å². The standard InChI is InChI=1S/C17H15Cl2NO3/c1-22-15-7-3-11(9-16(15)23-2)4-8-17(21)20-14-6-5-12(18)10-13(14)19/h3-10H,1-2H3,(H,20,21). The number of methoxy groups -OCH3 is 2. The number of hydrogen-bond donors (Lipinski definition) is 1. The third-order valence-electron chi connectivity index (χ3n) is 3.02. The van der Waals surface area contributed by atoms with E-state index in [0.29, 0.717) is 27.2 Å². The second-order valence-corrected chi connectivity index (χ2v) is 5.40. The predicted molar refractivity (Wildman–Crippen MR) is 93.7 cm³/mol. The number of carbonyl (C=O) groups is 1.